The maximum absolute atomic E-state index is 11.0. The van der Waals surface area contributed by atoms with Crippen LogP contribution < -0.4 is 0 Å². The minimum absolute atomic E-state index is 0.579. The molecule has 0 heterocycles. The molecular formula is C8H17NO2Si. The Morgan fingerprint density at radius 1 is 1.42 bits per heavy atom. The minimum Gasteiger partial charge on any atom is -0.444 e. The topological polar surface area (TPSA) is 35.3 Å². The lowest BCUT2D eigenvalue weighted by molar-refractivity contribution is -0.701. The van der Waals surface area contributed by atoms with Gasteiger partial charge in [0.25, 0.3) is 0 Å². The van der Waals surface area contributed by atoms with E-state index in [4.69, 9.17) is 4.53 Å². The minimum atomic E-state index is -1.72. The highest BCUT2D eigenvalue weighted by Gasteiger charge is 2.13. The van der Waals surface area contributed by atoms with E-state index in [1.54, 1.807) is 6.08 Å². The molecule has 3 nitrogen and oxygen atoms in total. The van der Waals surface area contributed by atoms with Crippen molar-refractivity contribution < 1.29 is 9.43 Å². The molecule has 0 N–H and O–H groups in total. The maximum atomic E-state index is 11.0. The number of nitrogens with zero attached hydrogens (tertiary/aromatic N) is 1. The second-order valence-corrected chi connectivity index (χ2v) is 7.94. The zero-order valence-electron chi connectivity index (χ0n) is 8.04. The van der Waals surface area contributed by atoms with Crippen molar-refractivity contribution in [3.05, 3.63) is 17.9 Å². The van der Waals surface area contributed by atoms with Gasteiger partial charge in [-0.05, 0) is 6.42 Å². The van der Waals surface area contributed by atoms with Gasteiger partial charge in [-0.25, -0.2) is 0 Å². The van der Waals surface area contributed by atoms with Crippen molar-refractivity contribution in [2.45, 2.75) is 32.5 Å². The molecule has 0 spiro atoms. The van der Waals surface area contributed by atoms with Crippen molar-refractivity contribution in [2.75, 3.05) is 0 Å². The van der Waals surface area contributed by atoms with Gasteiger partial charge in [0.1, 0.15) is 0 Å². The van der Waals surface area contributed by atoms with Crippen molar-refractivity contribution in [1.29, 1.82) is 0 Å². The van der Waals surface area contributed by atoms with Gasteiger partial charge in [-0.2, -0.15) is 0 Å². The molecule has 70 valence electrons. The Kier molecular flexibility index (Phi) is 4.66. The zero-order chi connectivity index (χ0) is 9.61. The van der Waals surface area contributed by atoms with E-state index < -0.39 is 8.32 Å². The van der Waals surface area contributed by atoms with E-state index in [1.165, 1.54) is 6.21 Å². The normalized spacial score (nSPS) is 12.8. The molecule has 0 radical (unpaired) electrons. The fourth-order valence-electron chi connectivity index (χ4n) is 0.605. The van der Waals surface area contributed by atoms with E-state index >= 15 is 0 Å². The van der Waals surface area contributed by atoms with Gasteiger partial charge in [-0.3, -0.25) is 5.21 Å². The van der Waals surface area contributed by atoms with Crippen LogP contribution in [0.1, 0.15) is 12.8 Å². The SMILES string of the molecule is C=CCC/C=[N+](\[O-])O[Si](C)(C)C. The highest BCUT2D eigenvalue weighted by atomic mass is 28.4. The van der Waals surface area contributed by atoms with Crippen molar-refractivity contribution in [3.8, 4) is 0 Å². The Labute approximate surface area is 75.0 Å². The predicted octanol–water partition coefficient (Wildman–Crippen LogP) is 2.30. The van der Waals surface area contributed by atoms with Gasteiger partial charge in [0.05, 0.1) is 0 Å². The Hall–Kier alpha value is -0.773. The second kappa shape index (κ2) is 4.98. The first-order chi connectivity index (χ1) is 5.45. The van der Waals surface area contributed by atoms with Crippen LogP contribution in [0.2, 0.25) is 19.6 Å². The van der Waals surface area contributed by atoms with E-state index in [9.17, 15) is 5.21 Å². The first-order valence-corrected chi connectivity index (χ1v) is 7.46. The van der Waals surface area contributed by atoms with Crippen LogP contribution in [0.5, 0.6) is 0 Å². The van der Waals surface area contributed by atoms with Crippen LogP contribution in [0.25, 0.3) is 0 Å². The van der Waals surface area contributed by atoms with Gasteiger partial charge in [0, 0.05) is 11.3 Å². The zero-order valence-corrected chi connectivity index (χ0v) is 9.04. The molecule has 0 amide bonds. The summed E-state index contributed by atoms with van der Waals surface area (Å²) in [5, 5.41) is 11.0. The van der Waals surface area contributed by atoms with E-state index in [2.05, 4.69) is 6.58 Å². The molecule has 0 saturated heterocycles. The molecule has 0 aromatic carbocycles. The lowest BCUT2D eigenvalue weighted by Crippen LogP contribution is -2.29. The highest BCUT2D eigenvalue weighted by molar-refractivity contribution is 6.69. The summed E-state index contributed by atoms with van der Waals surface area (Å²) in [6.45, 7) is 9.47. The molecule has 0 unspecified atom stereocenters. The molecule has 0 rings (SSSR count). The summed E-state index contributed by atoms with van der Waals surface area (Å²) in [4.78, 5) is 0.579. The van der Waals surface area contributed by atoms with Crippen LogP contribution in [0.4, 0.5) is 0 Å². The fraction of sp³-hybridized carbons (Fsp3) is 0.625. The molecule has 4 heteroatoms. The average molecular weight is 187 g/mol. The van der Waals surface area contributed by atoms with E-state index in [0.29, 0.717) is 11.3 Å². The summed E-state index contributed by atoms with van der Waals surface area (Å²) in [5.74, 6) is 0. The second-order valence-electron chi connectivity index (χ2n) is 3.54. The van der Waals surface area contributed by atoms with Crippen molar-refractivity contribution >= 4 is 14.5 Å². The Morgan fingerprint density at radius 2 is 2.00 bits per heavy atom. The third-order valence-electron chi connectivity index (χ3n) is 1.01. The Balaban J connectivity index is 3.77. The fourth-order valence-corrected chi connectivity index (χ4v) is 1.22. The third kappa shape index (κ3) is 7.34. The van der Waals surface area contributed by atoms with Crippen LogP contribution in [0.3, 0.4) is 0 Å². The van der Waals surface area contributed by atoms with Crippen LogP contribution in [-0.2, 0) is 4.53 Å². The Bertz CT molecular complexity index is 172. The molecule has 0 aliphatic rings. The summed E-state index contributed by atoms with van der Waals surface area (Å²) in [6, 6.07) is 0. The van der Waals surface area contributed by atoms with Gasteiger partial charge in [0.15, 0.2) is 8.32 Å². The number of hydrogen-bond acceptors (Lipinski definition) is 2. The number of hydrogen-bond donors (Lipinski definition) is 0. The van der Waals surface area contributed by atoms with Crippen LogP contribution in [0, 0.1) is 5.21 Å². The number of rotatable bonds is 5. The maximum Gasteiger partial charge on any atom is 0.209 e. The van der Waals surface area contributed by atoms with Crippen LogP contribution in [-0.4, -0.2) is 19.4 Å². The summed E-state index contributed by atoms with van der Waals surface area (Å²) in [5.41, 5.74) is 0. The highest BCUT2D eigenvalue weighted by Crippen LogP contribution is 2.01. The van der Waals surface area contributed by atoms with Crippen molar-refractivity contribution in [1.82, 2.24) is 0 Å². The number of allylic oxidation sites excluding steroid dienone is 1. The van der Waals surface area contributed by atoms with Gasteiger partial charge < -0.3 is 4.53 Å². The molecular weight excluding hydrogens is 170 g/mol. The standard InChI is InChI=1S/C8H17NO2Si/c1-5-6-7-8-9(10)11-12(2,3)4/h5,8H,1,6-7H2,2-4H3/b9-8+. The van der Waals surface area contributed by atoms with Gasteiger partial charge in [-0.15, -0.1) is 6.58 Å². The largest absolute Gasteiger partial charge is 0.444 e. The summed E-state index contributed by atoms with van der Waals surface area (Å²) >= 11 is 0. The Morgan fingerprint density at radius 3 is 2.42 bits per heavy atom. The molecule has 0 atom stereocenters. The first-order valence-electron chi connectivity index (χ1n) is 4.05. The third-order valence-corrected chi connectivity index (χ3v) is 1.74. The smallest absolute Gasteiger partial charge is 0.209 e. The summed E-state index contributed by atoms with van der Waals surface area (Å²) in [6.07, 6.45) is 4.78. The van der Waals surface area contributed by atoms with E-state index in [0.717, 1.165) is 6.42 Å². The molecule has 12 heavy (non-hydrogen) atoms. The van der Waals surface area contributed by atoms with E-state index in [1.807, 2.05) is 19.6 Å². The molecule has 0 saturated carbocycles. The van der Waals surface area contributed by atoms with E-state index in [-0.39, 0.29) is 0 Å². The quantitative estimate of drug-likeness (QED) is 0.165. The first kappa shape index (κ1) is 11.2. The molecule has 0 aliphatic heterocycles. The van der Waals surface area contributed by atoms with Crippen LogP contribution >= 0.6 is 0 Å². The van der Waals surface area contributed by atoms with Gasteiger partial charge in [-0.1, -0.05) is 25.7 Å². The van der Waals surface area contributed by atoms with Gasteiger partial charge >= 0.3 is 0 Å². The van der Waals surface area contributed by atoms with Gasteiger partial charge in [0.2, 0.25) is 6.21 Å². The molecule has 0 aromatic heterocycles. The molecule has 0 aromatic rings. The predicted molar refractivity (Wildman–Crippen MR) is 53.6 cm³/mol. The molecule has 0 fully saturated rings. The van der Waals surface area contributed by atoms with Crippen molar-refractivity contribution in [2.24, 2.45) is 0 Å². The molecule has 0 bridgehead atoms. The van der Waals surface area contributed by atoms with Crippen LogP contribution in [0.15, 0.2) is 12.7 Å². The number of unbranched alkanes of at least 4 members (excludes halogenated alkanes) is 1. The van der Waals surface area contributed by atoms with Crippen molar-refractivity contribution in [3.63, 3.8) is 0 Å². The lowest BCUT2D eigenvalue weighted by atomic mass is 10.3. The summed E-state index contributed by atoms with van der Waals surface area (Å²) in [7, 11) is -1.72. The summed E-state index contributed by atoms with van der Waals surface area (Å²) < 4.78 is 5.11. The average Bonchev–Trinajstić information content (AvgIpc) is 1.84. The monoisotopic (exact) mass is 187 g/mol. The molecule has 0 aliphatic carbocycles. The lowest BCUT2D eigenvalue weighted by Gasteiger charge is -2.18.